The fourth-order valence-corrected chi connectivity index (χ4v) is 5.34. The zero-order chi connectivity index (χ0) is 15.1. The van der Waals surface area contributed by atoms with Gasteiger partial charge in [0.1, 0.15) is 0 Å². The number of rotatable bonds is 8. The third-order valence-corrected chi connectivity index (χ3v) is 6.58. The Morgan fingerprint density at radius 1 is 1.24 bits per heavy atom. The molecule has 1 fully saturated rings. The molecule has 3 unspecified atom stereocenters. The molecule has 0 aromatic carbocycles. The van der Waals surface area contributed by atoms with Gasteiger partial charge < -0.3 is 5.32 Å². The van der Waals surface area contributed by atoms with Crippen LogP contribution in [0.5, 0.6) is 0 Å². The van der Waals surface area contributed by atoms with Crippen molar-refractivity contribution < 1.29 is 0 Å². The minimum atomic E-state index is 0.880. The van der Waals surface area contributed by atoms with Crippen LogP contribution >= 0.6 is 27.3 Å². The maximum absolute atomic E-state index is 3.67. The fraction of sp³-hybridized carbons (Fsp3) is 0.778. The summed E-state index contributed by atoms with van der Waals surface area (Å²) in [7, 11) is 0. The molecule has 0 saturated heterocycles. The normalized spacial score (nSPS) is 26.1. The van der Waals surface area contributed by atoms with Crippen molar-refractivity contribution in [2.24, 2.45) is 17.8 Å². The van der Waals surface area contributed by atoms with E-state index in [2.05, 4.69) is 46.5 Å². The van der Waals surface area contributed by atoms with Gasteiger partial charge in [0.05, 0.1) is 0 Å². The van der Waals surface area contributed by atoms with Crippen molar-refractivity contribution in [3.63, 3.8) is 0 Å². The Morgan fingerprint density at radius 3 is 2.76 bits per heavy atom. The first-order valence-electron chi connectivity index (χ1n) is 8.66. The van der Waals surface area contributed by atoms with Gasteiger partial charge in [0, 0.05) is 14.7 Å². The van der Waals surface area contributed by atoms with Crippen molar-refractivity contribution in [1.82, 2.24) is 5.32 Å². The largest absolute Gasteiger partial charge is 0.316 e. The highest BCUT2D eigenvalue weighted by Crippen LogP contribution is 2.38. The molecule has 1 saturated carbocycles. The van der Waals surface area contributed by atoms with Gasteiger partial charge >= 0.3 is 0 Å². The highest BCUT2D eigenvalue weighted by Gasteiger charge is 2.30. The molecular weight excluding hydrogens is 342 g/mol. The Bertz CT molecular complexity index is 404. The third-order valence-electron chi connectivity index (χ3n) is 4.86. The van der Waals surface area contributed by atoms with E-state index < -0.39 is 0 Å². The summed E-state index contributed by atoms with van der Waals surface area (Å²) in [6.07, 6.45) is 9.64. The van der Waals surface area contributed by atoms with E-state index in [0.29, 0.717) is 0 Å². The number of nitrogens with one attached hydrogen (secondary N) is 1. The van der Waals surface area contributed by atoms with Gasteiger partial charge in [-0.3, -0.25) is 0 Å². The SMILES string of the molecule is CCCNCC1CCC(CCC)CC1Cc1cc(Br)cs1. The first-order valence-corrected chi connectivity index (χ1v) is 10.3. The van der Waals surface area contributed by atoms with Crippen molar-refractivity contribution in [3.05, 3.63) is 20.8 Å². The summed E-state index contributed by atoms with van der Waals surface area (Å²) in [5, 5.41) is 5.89. The highest BCUT2D eigenvalue weighted by molar-refractivity contribution is 9.10. The molecule has 0 bridgehead atoms. The van der Waals surface area contributed by atoms with Gasteiger partial charge in [0.15, 0.2) is 0 Å². The molecule has 1 nitrogen and oxygen atoms in total. The van der Waals surface area contributed by atoms with E-state index in [-0.39, 0.29) is 0 Å². The fourth-order valence-electron chi connectivity index (χ4n) is 3.80. The minimum absolute atomic E-state index is 0.880. The van der Waals surface area contributed by atoms with E-state index in [1.54, 1.807) is 4.88 Å². The van der Waals surface area contributed by atoms with Gasteiger partial charge in [-0.1, -0.05) is 33.1 Å². The summed E-state index contributed by atoms with van der Waals surface area (Å²) in [5.41, 5.74) is 0. The summed E-state index contributed by atoms with van der Waals surface area (Å²) in [6, 6.07) is 2.32. The van der Waals surface area contributed by atoms with Crippen LogP contribution in [0.15, 0.2) is 15.9 Å². The summed E-state index contributed by atoms with van der Waals surface area (Å²) in [6.45, 7) is 6.99. The lowest BCUT2D eigenvalue weighted by atomic mass is 9.71. The van der Waals surface area contributed by atoms with E-state index in [0.717, 1.165) is 17.8 Å². The van der Waals surface area contributed by atoms with Gasteiger partial charge in [-0.05, 0) is 78.5 Å². The Hall–Kier alpha value is 0.140. The Morgan fingerprint density at radius 2 is 2.10 bits per heavy atom. The quantitative estimate of drug-likeness (QED) is 0.562. The van der Waals surface area contributed by atoms with Crippen molar-refractivity contribution in [2.45, 2.75) is 58.8 Å². The van der Waals surface area contributed by atoms with Gasteiger partial charge in [-0.2, -0.15) is 0 Å². The maximum atomic E-state index is 3.67. The lowest BCUT2D eigenvalue weighted by Gasteiger charge is -2.36. The number of halogens is 1. The standard InChI is InChI=1S/C18H30BrNS/c1-3-5-14-6-7-15(12-20-8-4-2)16(9-14)10-18-11-17(19)13-21-18/h11,13-16,20H,3-10,12H2,1-2H3. The molecule has 0 amide bonds. The van der Waals surface area contributed by atoms with Crippen LogP contribution < -0.4 is 5.32 Å². The molecule has 1 aromatic rings. The average Bonchev–Trinajstić information content (AvgIpc) is 2.87. The molecule has 1 N–H and O–H groups in total. The number of hydrogen-bond acceptors (Lipinski definition) is 2. The van der Waals surface area contributed by atoms with Crippen LogP contribution in [0.2, 0.25) is 0 Å². The van der Waals surface area contributed by atoms with Crippen LogP contribution in [-0.4, -0.2) is 13.1 Å². The van der Waals surface area contributed by atoms with Crippen molar-refractivity contribution in [1.29, 1.82) is 0 Å². The molecule has 1 aliphatic carbocycles. The molecule has 120 valence electrons. The van der Waals surface area contributed by atoms with Crippen molar-refractivity contribution in [3.8, 4) is 0 Å². The van der Waals surface area contributed by atoms with Gasteiger partial charge in [-0.25, -0.2) is 0 Å². The smallest absolute Gasteiger partial charge is 0.0285 e. The van der Waals surface area contributed by atoms with E-state index in [1.807, 2.05) is 11.3 Å². The maximum Gasteiger partial charge on any atom is 0.0285 e. The van der Waals surface area contributed by atoms with Gasteiger partial charge in [0.25, 0.3) is 0 Å². The van der Waals surface area contributed by atoms with E-state index in [4.69, 9.17) is 0 Å². The van der Waals surface area contributed by atoms with Gasteiger partial charge in [0.2, 0.25) is 0 Å². The monoisotopic (exact) mass is 371 g/mol. The highest BCUT2D eigenvalue weighted by atomic mass is 79.9. The summed E-state index contributed by atoms with van der Waals surface area (Å²) < 4.78 is 1.25. The second-order valence-electron chi connectivity index (χ2n) is 6.63. The second-order valence-corrected chi connectivity index (χ2v) is 8.54. The molecule has 21 heavy (non-hydrogen) atoms. The minimum Gasteiger partial charge on any atom is -0.316 e. The number of hydrogen-bond donors (Lipinski definition) is 1. The molecule has 1 aliphatic rings. The molecule has 0 radical (unpaired) electrons. The number of thiophene rings is 1. The van der Waals surface area contributed by atoms with E-state index >= 15 is 0 Å². The van der Waals surface area contributed by atoms with Crippen LogP contribution in [0, 0.1) is 17.8 Å². The van der Waals surface area contributed by atoms with Crippen LogP contribution in [0.3, 0.4) is 0 Å². The van der Waals surface area contributed by atoms with E-state index in [9.17, 15) is 0 Å². The first-order chi connectivity index (χ1) is 10.2. The molecular formula is C18H30BrNS. The molecule has 0 spiro atoms. The third kappa shape index (κ3) is 5.69. The van der Waals surface area contributed by atoms with Crippen LogP contribution in [0.25, 0.3) is 0 Å². The Balaban J connectivity index is 1.94. The van der Waals surface area contributed by atoms with Crippen molar-refractivity contribution in [2.75, 3.05) is 13.1 Å². The second kappa shape index (κ2) is 9.32. The molecule has 3 heteroatoms. The van der Waals surface area contributed by atoms with Crippen LogP contribution in [0.1, 0.15) is 57.2 Å². The predicted octanol–water partition coefficient (Wildman–Crippen LogP) is 5.89. The topological polar surface area (TPSA) is 12.0 Å². The lowest BCUT2D eigenvalue weighted by molar-refractivity contribution is 0.168. The Kier molecular flexibility index (Phi) is 7.76. The summed E-state index contributed by atoms with van der Waals surface area (Å²) in [5.74, 6) is 2.74. The molecule has 1 aromatic heterocycles. The van der Waals surface area contributed by atoms with Gasteiger partial charge in [-0.15, -0.1) is 11.3 Å². The van der Waals surface area contributed by atoms with Crippen LogP contribution in [0.4, 0.5) is 0 Å². The zero-order valence-electron chi connectivity index (χ0n) is 13.5. The van der Waals surface area contributed by atoms with Crippen molar-refractivity contribution >= 4 is 27.3 Å². The van der Waals surface area contributed by atoms with E-state index in [1.165, 1.54) is 62.5 Å². The average molecular weight is 372 g/mol. The summed E-state index contributed by atoms with van der Waals surface area (Å²) in [4.78, 5) is 1.56. The zero-order valence-corrected chi connectivity index (χ0v) is 15.9. The molecule has 0 aliphatic heterocycles. The lowest BCUT2D eigenvalue weighted by Crippen LogP contribution is -2.34. The molecule has 1 heterocycles. The summed E-state index contributed by atoms with van der Waals surface area (Å²) >= 11 is 5.52. The first kappa shape index (κ1) is 17.5. The molecule has 3 atom stereocenters. The Labute approximate surface area is 143 Å². The molecule has 2 rings (SSSR count). The predicted molar refractivity (Wildman–Crippen MR) is 98.1 cm³/mol. The van der Waals surface area contributed by atoms with Crippen LogP contribution in [-0.2, 0) is 6.42 Å².